The second-order valence-electron chi connectivity index (χ2n) is 5.60. The van der Waals surface area contributed by atoms with Gasteiger partial charge in [0.25, 0.3) is 0 Å². The van der Waals surface area contributed by atoms with Crippen molar-refractivity contribution in [3.63, 3.8) is 0 Å². The van der Waals surface area contributed by atoms with Gasteiger partial charge in [0.1, 0.15) is 0 Å². The molecule has 0 bridgehead atoms. The third kappa shape index (κ3) is 3.04. The highest BCUT2D eigenvalue weighted by atomic mass is 35.5. The molecule has 0 aliphatic heterocycles. The molecule has 25 heavy (non-hydrogen) atoms. The lowest BCUT2D eigenvalue weighted by Crippen LogP contribution is -2.00. The van der Waals surface area contributed by atoms with E-state index in [1.54, 1.807) is 0 Å². The van der Waals surface area contributed by atoms with Crippen LogP contribution in [0.25, 0.3) is 27.5 Å². The maximum absolute atomic E-state index is 11.2. The molecule has 4 nitrogen and oxygen atoms in total. The molecule has 0 saturated heterocycles. The fourth-order valence-corrected chi connectivity index (χ4v) is 4.04. The number of carboxylic acids is 1. The number of halogens is 1. The molecular formula is C19H13ClN2O2S. The van der Waals surface area contributed by atoms with Gasteiger partial charge in [-0.15, -0.1) is 11.3 Å². The summed E-state index contributed by atoms with van der Waals surface area (Å²) >= 11 is 7.36. The van der Waals surface area contributed by atoms with E-state index < -0.39 is 5.97 Å². The highest BCUT2D eigenvalue weighted by molar-refractivity contribution is 7.17. The first-order chi connectivity index (χ1) is 12.1. The van der Waals surface area contributed by atoms with Gasteiger partial charge < -0.3 is 5.11 Å². The molecule has 4 rings (SSSR count). The summed E-state index contributed by atoms with van der Waals surface area (Å²) in [7, 11) is 0. The number of benzene rings is 2. The van der Waals surface area contributed by atoms with Gasteiger partial charge >= 0.3 is 5.97 Å². The molecule has 0 unspecified atom stereocenters. The van der Waals surface area contributed by atoms with Crippen LogP contribution in [0.15, 0.2) is 60.8 Å². The van der Waals surface area contributed by atoms with Gasteiger partial charge in [0.2, 0.25) is 0 Å². The van der Waals surface area contributed by atoms with Crippen LogP contribution >= 0.6 is 22.9 Å². The normalized spacial score (nSPS) is 11.1. The van der Waals surface area contributed by atoms with E-state index in [2.05, 4.69) is 4.98 Å². The highest BCUT2D eigenvalue weighted by Gasteiger charge is 2.18. The Morgan fingerprint density at radius 2 is 1.80 bits per heavy atom. The summed E-state index contributed by atoms with van der Waals surface area (Å²) in [6.45, 7) is 0. The Bertz CT molecular complexity index is 1050. The minimum absolute atomic E-state index is 0.0193. The van der Waals surface area contributed by atoms with Crippen molar-refractivity contribution in [2.45, 2.75) is 6.42 Å². The zero-order valence-corrected chi connectivity index (χ0v) is 14.6. The second kappa shape index (κ2) is 6.35. The molecule has 124 valence electrons. The summed E-state index contributed by atoms with van der Waals surface area (Å²) in [6, 6.07) is 17.3. The molecule has 2 aromatic carbocycles. The molecule has 0 radical (unpaired) electrons. The lowest BCUT2D eigenvalue weighted by Gasteiger charge is -2.03. The average Bonchev–Trinajstić information content (AvgIpc) is 3.13. The lowest BCUT2D eigenvalue weighted by molar-refractivity contribution is -0.136. The van der Waals surface area contributed by atoms with Crippen molar-refractivity contribution >= 4 is 33.9 Å². The first kappa shape index (κ1) is 15.9. The maximum atomic E-state index is 11.2. The van der Waals surface area contributed by atoms with E-state index in [9.17, 15) is 9.90 Å². The highest BCUT2D eigenvalue weighted by Crippen LogP contribution is 2.34. The summed E-state index contributed by atoms with van der Waals surface area (Å²) in [4.78, 5) is 17.5. The maximum Gasteiger partial charge on any atom is 0.308 e. The summed E-state index contributed by atoms with van der Waals surface area (Å²) < 4.78 is 1.97. The van der Waals surface area contributed by atoms with Crippen LogP contribution < -0.4 is 0 Å². The third-order valence-electron chi connectivity index (χ3n) is 3.89. The molecule has 0 aliphatic carbocycles. The summed E-state index contributed by atoms with van der Waals surface area (Å²) in [5, 5.41) is 9.90. The summed E-state index contributed by atoms with van der Waals surface area (Å²) in [6.07, 6.45) is 1.93. The largest absolute Gasteiger partial charge is 0.481 e. The van der Waals surface area contributed by atoms with Gasteiger partial charge in [-0.3, -0.25) is 9.20 Å². The molecule has 0 spiro atoms. The van der Waals surface area contributed by atoms with Crippen LogP contribution in [0.1, 0.15) is 4.88 Å². The number of nitrogens with zero attached hydrogens (tertiary/aromatic N) is 2. The number of carbonyl (C=O) groups is 1. The number of hydrogen-bond acceptors (Lipinski definition) is 3. The molecule has 0 fully saturated rings. The summed E-state index contributed by atoms with van der Waals surface area (Å²) in [5.41, 5.74) is 3.67. The Balaban J connectivity index is 1.89. The Labute approximate surface area is 153 Å². The predicted molar refractivity (Wildman–Crippen MR) is 100 cm³/mol. The minimum atomic E-state index is -0.848. The Morgan fingerprint density at radius 3 is 2.48 bits per heavy atom. The fourth-order valence-electron chi connectivity index (χ4n) is 2.80. The molecule has 0 atom stereocenters. The van der Waals surface area contributed by atoms with Gasteiger partial charge in [-0.2, -0.15) is 0 Å². The van der Waals surface area contributed by atoms with Crippen LogP contribution in [-0.2, 0) is 11.2 Å². The van der Waals surface area contributed by atoms with E-state index in [0.717, 1.165) is 32.4 Å². The third-order valence-corrected chi connectivity index (χ3v) is 5.20. The zero-order valence-electron chi connectivity index (χ0n) is 13.0. The van der Waals surface area contributed by atoms with E-state index in [0.29, 0.717) is 5.02 Å². The molecule has 2 aromatic heterocycles. The van der Waals surface area contributed by atoms with Gasteiger partial charge in [0.05, 0.1) is 17.8 Å². The molecule has 0 aliphatic rings. The average molecular weight is 369 g/mol. The molecule has 1 N–H and O–H groups in total. The van der Waals surface area contributed by atoms with Gasteiger partial charge in [-0.25, -0.2) is 4.98 Å². The van der Waals surface area contributed by atoms with Crippen LogP contribution in [0.2, 0.25) is 5.02 Å². The number of imidazole rings is 1. The number of rotatable bonds is 4. The number of aliphatic carboxylic acids is 1. The monoisotopic (exact) mass is 368 g/mol. The van der Waals surface area contributed by atoms with Gasteiger partial charge in [0.15, 0.2) is 4.96 Å². The van der Waals surface area contributed by atoms with Crippen LogP contribution in [-0.4, -0.2) is 20.5 Å². The number of carboxylic acid groups (broad SMARTS) is 1. The van der Waals surface area contributed by atoms with Crippen molar-refractivity contribution in [3.8, 4) is 22.5 Å². The zero-order chi connectivity index (χ0) is 17.4. The van der Waals surface area contributed by atoms with E-state index in [-0.39, 0.29) is 6.42 Å². The van der Waals surface area contributed by atoms with Gasteiger partial charge in [-0.05, 0) is 17.7 Å². The Morgan fingerprint density at radius 1 is 1.08 bits per heavy atom. The van der Waals surface area contributed by atoms with E-state index >= 15 is 0 Å². The van der Waals surface area contributed by atoms with Crippen molar-refractivity contribution in [2.75, 3.05) is 0 Å². The van der Waals surface area contributed by atoms with E-state index in [1.807, 2.05) is 65.2 Å². The smallest absolute Gasteiger partial charge is 0.308 e. The van der Waals surface area contributed by atoms with Crippen LogP contribution in [0.4, 0.5) is 0 Å². The molecular weight excluding hydrogens is 356 g/mol. The first-order valence-electron chi connectivity index (χ1n) is 7.66. The molecule has 2 heterocycles. The van der Waals surface area contributed by atoms with Crippen LogP contribution in [0.3, 0.4) is 0 Å². The Kier molecular flexibility index (Phi) is 4.03. The van der Waals surface area contributed by atoms with Crippen LogP contribution in [0.5, 0.6) is 0 Å². The number of aromatic nitrogens is 2. The quantitative estimate of drug-likeness (QED) is 0.550. The second-order valence-corrected chi connectivity index (χ2v) is 7.09. The predicted octanol–water partition coefficient (Wildman–Crippen LogP) is 5.01. The lowest BCUT2D eigenvalue weighted by atomic mass is 10.1. The van der Waals surface area contributed by atoms with E-state index in [4.69, 9.17) is 11.6 Å². The molecule has 0 amide bonds. The van der Waals surface area contributed by atoms with Crippen molar-refractivity contribution in [3.05, 3.63) is 70.7 Å². The molecule has 4 aromatic rings. The number of hydrogen-bond donors (Lipinski definition) is 1. The standard InChI is InChI=1S/C19H13ClN2O2S/c20-14-8-6-12(7-9-14)15-11-22-18(13-4-2-1-3-5-13)16(10-17(23)24)25-19(22)21-15/h1-9,11H,10H2,(H,23,24). The molecule has 0 saturated carbocycles. The minimum Gasteiger partial charge on any atom is -0.481 e. The molecule has 6 heteroatoms. The van der Waals surface area contributed by atoms with Crippen molar-refractivity contribution in [1.82, 2.24) is 9.38 Å². The van der Waals surface area contributed by atoms with Gasteiger partial charge in [-0.1, -0.05) is 54.1 Å². The Hall–Kier alpha value is -2.63. The van der Waals surface area contributed by atoms with Crippen molar-refractivity contribution in [1.29, 1.82) is 0 Å². The van der Waals surface area contributed by atoms with Crippen molar-refractivity contribution < 1.29 is 9.90 Å². The van der Waals surface area contributed by atoms with Crippen molar-refractivity contribution in [2.24, 2.45) is 0 Å². The van der Waals surface area contributed by atoms with Crippen LogP contribution in [0, 0.1) is 0 Å². The number of thiazole rings is 1. The summed E-state index contributed by atoms with van der Waals surface area (Å²) in [5.74, 6) is -0.848. The SMILES string of the molecule is O=C(O)Cc1sc2nc(-c3ccc(Cl)cc3)cn2c1-c1ccccc1. The number of fused-ring (bicyclic) bond motifs is 1. The topological polar surface area (TPSA) is 54.6 Å². The first-order valence-corrected chi connectivity index (χ1v) is 8.85. The van der Waals surface area contributed by atoms with E-state index in [1.165, 1.54) is 11.3 Å². The fraction of sp³-hybridized carbons (Fsp3) is 0.0526. The van der Waals surface area contributed by atoms with Gasteiger partial charge in [0, 0.05) is 21.7 Å².